The molecule has 0 bridgehead atoms. The first-order valence-corrected chi connectivity index (χ1v) is 7.94. The molecule has 2 aliphatic rings. The number of aromatic nitrogens is 3. The molecule has 0 aromatic carbocycles. The highest BCUT2D eigenvalue weighted by Crippen LogP contribution is 2.26. The smallest absolute Gasteiger partial charge is 0.267 e. The molecule has 1 aliphatic carbocycles. The standard InChI is InChI=1S/C17H17N5O/c18-8-14-4-2-6-19-17(14)21-9-12(10-21)11-22-16(23)7-13-3-1-5-15(13)20-22/h2,4,6-7,12H,1,3,5,9-11H2. The van der Waals surface area contributed by atoms with E-state index in [-0.39, 0.29) is 5.56 Å². The molecule has 0 N–H and O–H groups in total. The average molecular weight is 307 g/mol. The zero-order chi connectivity index (χ0) is 15.8. The average Bonchev–Trinajstić information content (AvgIpc) is 2.97. The monoisotopic (exact) mass is 307 g/mol. The van der Waals surface area contributed by atoms with Crippen molar-refractivity contribution in [1.82, 2.24) is 14.8 Å². The second-order valence-electron chi connectivity index (χ2n) is 6.25. The summed E-state index contributed by atoms with van der Waals surface area (Å²) in [5.74, 6) is 1.11. The summed E-state index contributed by atoms with van der Waals surface area (Å²) in [6.07, 6.45) is 4.76. The molecule has 2 aromatic heterocycles. The van der Waals surface area contributed by atoms with Crippen molar-refractivity contribution >= 4 is 5.82 Å². The number of fused-ring (bicyclic) bond motifs is 1. The minimum absolute atomic E-state index is 0.000324. The van der Waals surface area contributed by atoms with Crippen molar-refractivity contribution in [3.63, 3.8) is 0 Å². The Kier molecular flexibility index (Phi) is 3.34. The molecular formula is C17H17N5O. The van der Waals surface area contributed by atoms with Crippen molar-refractivity contribution in [3.05, 3.63) is 51.6 Å². The predicted molar refractivity (Wildman–Crippen MR) is 85.2 cm³/mol. The summed E-state index contributed by atoms with van der Waals surface area (Å²) in [5.41, 5.74) is 2.80. The second kappa shape index (κ2) is 5.51. The summed E-state index contributed by atoms with van der Waals surface area (Å²) in [7, 11) is 0. The molecule has 0 spiro atoms. The van der Waals surface area contributed by atoms with Crippen molar-refractivity contribution in [1.29, 1.82) is 5.26 Å². The molecule has 23 heavy (non-hydrogen) atoms. The summed E-state index contributed by atoms with van der Waals surface area (Å²) < 4.78 is 1.61. The van der Waals surface area contributed by atoms with Gasteiger partial charge in [0.2, 0.25) is 0 Å². The SMILES string of the molecule is N#Cc1cccnc1N1CC(Cn2nc3c(cc2=O)CCC3)C1. The first kappa shape index (κ1) is 13.9. The van der Waals surface area contributed by atoms with Crippen LogP contribution in [0.5, 0.6) is 0 Å². The van der Waals surface area contributed by atoms with Crippen LogP contribution in [0.3, 0.4) is 0 Å². The van der Waals surface area contributed by atoms with Crippen LogP contribution in [0.2, 0.25) is 0 Å². The van der Waals surface area contributed by atoms with Crippen LogP contribution < -0.4 is 10.5 Å². The fourth-order valence-electron chi connectivity index (χ4n) is 3.41. The molecule has 6 heteroatoms. The van der Waals surface area contributed by atoms with Crippen LogP contribution in [0.25, 0.3) is 0 Å². The van der Waals surface area contributed by atoms with Crippen LogP contribution in [-0.4, -0.2) is 27.9 Å². The Morgan fingerprint density at radius 1 is 1.35 bits per heavy atom. The summed E-state index contributed by atoms with van der Waals surface area (Å²) in [6.45, 7) is 2.24. The Morgan fingerprint density at radius 3 is 3.04 bits per heavy atom. The minimum Gasteiger partial charge on any atom is -0.355 e. The molecular weight excluding hydrogens is 290 g/mol. The van der Waals surface area contributed by atoms with Gasteiger partial charge in [-0.15, -0.1) is 0 Å². The quantitative estimate of drug-likeness (QED) is 0.850. The first-order valence-electron chi connectivity index (χ1n) is 7.94. The van der Waals surface area contributed by atoms with E-state index in [0.29, 0.717) is 18.0 Å². The third-order valence-electron chi connectivity index (χ3n) is 4.62. The van der Waals surface area contributed by atoms with Crippen molar-refractivity contribution < 1.29 is 0 Å². The first-order chi connectivity index (χ1) is 11.2. The number of nitriles is 1. The third kappa shape index (κ3) is 2.48. The normalized spacial score (nSPS) is 16.7. The van der Waals surface area contributed by atoms with Gasteiger partial charge in [-0.3, -0.25) is 4.79 Å². The molecule has 3 heterocycles. The molecule has 6 nitrogen and oxygen atoms in total. The molecule has 2 aromatic rings. The number of hydrogen-bond donors (Lipinski definition) is 0. The zero-order valence-corrected chi connectivity index (χ0v) is 12.8. The molecule has 1 aliphatic heterocycles. The van der Waals surface area contributed by atoms with Crippen molar-refractivity contribution in [2.24, 2.45) is 5.92 Å². The molecule has 0 saturated carbocycles. The summed E-state index contributed by atoms with van der Waals surface area (Å²) in [5, 5.41) is 13.7. The van der Waals surface area contributed by atoms with Gasteiger partial charge in [0.05, 0.1) is 17.8 Å². The topological polar surface area (TPSA) is 74.8 Å². The van der Waals surface area contributed by atoms with Gasteiger partial charge in [-0.05, 0) is 37.0 Å². The lowest BCUT2D eigenvalue weighted by atomic mass is 9.99. The molecule has 0 radical (unpaired) electrons. The van der Waals surface area contributed by atoms with E-state index < -0.39 is 0 Å². The Balaban J connectivity index is 1.46. The number of rotatable bonds is 3. The van der Waals surface area contributed by atoms with E-state index in [1.807, 2.05) is 0 Å². The maximum Gasteiger partial charge on any atom is 0.267 e. The van der Waals surface area contributed by atoms with E-state index in [4.69, 9.17) is 5.26 Å². The Hall–Kier alpha value is -2.68. The van der Waals surface area contributed by atoms with Crippen LogP contribution in [0.15, 0.2) is 29.2 Å². The minimum atomic E-state index is -0.000324. The number of hydrogen-bond acceptors (Lipinski definition) is 5. The van der Waals surface area contributed by atoms with E-state index in [1.54, 1.807) is 29.1 Å². The molecule has 116 valence electrons. The molecule has 0 unspecified atom stereocenters. The van der Waals surface area contributed by atoms with Crippen LogP contribution in [0.4, 0.5) is 5.82 Å². The van der Waals surface area contributed by atoms with E-state index >= 15 is 0 Å². The second-order valence-corrected chi connectivity index (χ2v) is 6.25. The van der Waals surface area contributed by atoms with Gasteiger partial charge in [0.25, 0.3) is 5.56 Å². The number of pyridine rings is 1. The van der Waals surface area contributed by atoms with Gasteiger partial charge >= 0.3 is 0 Å². The lowest BCUT2D eigenvalue weighted by molar-refractivity contribution is 0.331. The fraction of sp³-hybridized carbons (Fsp3) is 0.412. The van der Waals surface area contributed by atoms with Gasteiger partial charge in [-0.25, -0.2) is 9.67 Å². The maximum absolute atomic E-state index is 12.1. The van der Waals surface area contributed by atoms with Gasteiger partial charge in [-0.1, -0.05) is 0 Å². The Labute approximate surface area is 134 Å². The highest BCUT2D eigenvalue weighted by Gasteiger charge is 2.30. The predicted octanol–water partition coefficient (Wildman–Crippen LogP) is 1.14. The Morgan fingerprint density at radius 2 is 2.22 bits per heavy atom. The van der Waals surface area contributed by atoms with E-state index in [9.17, 15) is 4.79 Å². The zero-order valence-electron chi connectivity index (χ0n) is 12.8. The highest BCUT2D eigenvalue weighted by atomic mass is 16.1. The number of aryl methyl sites for hydroxylation is 2. The number of anilines is 1. The molecule has 4 rings (SSSR count). The van der Waals surface area contributed by atoms with E-state index in [1.165, 1.54) is 0 Å². The fourth-order valence-corrected chi connectivity index (χ4v) is 3.41. The molecule has 0 atom stereocenters. The largest absolute Gasteiger partial charge is 0.355 e. The summed E-state index contributed by atoms with van der Waals surface area (Å²) in [4.78, 5) is 18.5. The van der Waals surface area contributed by atoms with Crippen LogP contribution in [0.1, 0.15) is 23.2 Å². The molecule has 1 saturated heterocycles. The number of nitrogens with zero attached hydrogens (tertiary/aromatic N) is 5. The van der Waals surface area contributed by atoms with Gasteiger partial charge in [0.1, 0.15) is 11.9 Å². The van der Waals surface area contributed by atoms with Crippen molar-refractivity contribution in [2.75, 3.05) is 18.0 Å². The van der Waals surface area contributed by atoms with Gasteiger partial charge in [0, 0.05) is 31.3 Å². The highest BCUT2D eigenvalue weighted by molar-refractivity contribution is 5.55. The van der Waals surface area contributed by atoms with Gasteiger partial charge in [0.15, 0.2) is 0 Å². The van der Waals surface area contributed by atoms with Gasteiger partial charge < -0.3 is 4.90 Å². The van der Waals surface area contributed by atoms with Crippen molar-refractivity contribution in [3.8, 4) is 6.07 Å². The lowest BCUT2D eigenvalue weighted by Gasteiger charge is -2.40. The van der Waals surface area contributed by atoms with Crippen LogP contribution in [-0.2, 0) is 19.4 Å². The lowest BCUT2D eigenvalue weighted by Crippen LogP contribution is -2.50. The summed E-state index contributed by atoms with van der Waals surface area (Å²) >= 11 is 0. The maximum atomic E-state index is 12.1. The van der Waals surface area contributed by atoms with Crippen LogP contribution >= 0.6 is 0 Å². The van der Waals surface area contributed by atoms with E-state index in [0.717, 1.165) is 49.4 Å². The third-order valence-corrected chi connectivity index (χ3v) is 4.62. The Bertz CT molecular complexity index is 845. The molecule has 0 amide bonds. The molecule has 1 fully saturated rings. The van der Waals surface area contributed by atoms with Crippen molar-refractivity contribution in [2.45, 2.75) is 25.8 Å². The van der Waals surface area contributed by atoms with Crippen LogP contribution in [0, 0.1) is 17.2 Å². The van der Waals surface area contributed by atoms with Gasteiger partial charge in [-0.2, -0.15) is 10.4 Å². The summed E-state index contributed by atoms with van der Waals surface area (Å²) in [6, 6.07) is 7.47. The van der Waals surface area contributed by atoms with E-state index in [2.05, 4.69) is 21.1 Å².